The van der Waals surface area contributed by atoms with Crippen molar-refractivity contribution in [3.63, 3.8) is 0 Å². The third-order valence-electron chi connectivity index (χ3n) is 4.91. The van der Waals surface area contributed by atoms with Crippen LogP contribution in [0.4, 0.5) is 0 Å². The number of nitrogens with one attached hydrogen (secondary N) is 1. The molecule has 1 N–H and O–H groups in total. The van der Waals surface area contributed by atoms with E-state index in [-0.39, 0.29) is 0 Å². The molecule has 0 amide bonds. The van der Waals surface area contributed by atoms with Gasteiger partial charge in [-0.3, -0.25) is 14.3 Å². The molecule has 0 fully saturated rings. The van der Waals surface area contributed by atoms with Gasteiger partial charge in [-0.05, 0) is 34.7 Å². The number of aryl methyl sites for hydroxylation is 1. The number of rotatable bonds is 6. The number of fused-ring (bicyclic) bond motifs is 1. The first-order chi connectivity index (χ1) is 14.2. The van der Waals surface area contributed by atoms with Gasteiger partial charge in [0.05, 0.1) is 5.39 Å². The summed E-state index contributed by atoms with van der Waals surface area (Å²) in [5.74, 6) is 0. The van der Waals surface area contributed by atoms with E-state index >= 15 is 0 Å². The molecule has 6 nitrogen and oxygen atoms in total. The molecule has 4 rings (SSSR count). The lowest BCUT2D eigenvalue weighted by molar-refractivity contribution is 0.190. The Labute approximate surface area is 167 Å². The number of benzene rings is 2. The lowest BCUT2D eigenvalue weighted by Crippen LogP contribution is -2.31. The fourth-order valence-corrected chi connectivity index (χ4v) is 3.49. The number of aromatic amines is 1. The van der Waals surface area contributed by atoms with E-state index < -0.39 is 11.2 Å². The molecule has 0 atom stereocenters. The first kappa shape index (κ1) is 18.8. The summed E-state index contributed by atoms with van der Waals surface area (Å²) in [4.78, 5) is 31.7. The van der Waals surface area contributed by atoms with Gasteiger partial charge in [0.1, 0.15) is 5.65 Å². The zero-order valence-corrected chi connectivity index (χ0v) is 16.1. The van der Waals surface area contributed by atoms with Crippen LogP contribution in [-0.2, 0) is 11.3 Å². The van der Waals surface area contributed by atoms with Crippen molar-refractivity contribution in [1.82, 2.24) is 14.5 Å². The summed E-state index contributed by atoms with van der Waals surface area (Å²) in [6, 6.07) is 19.9. The molecule has 0 spiro atoms. The normalized spacial score (nSPS) is 11.1. The molecule has 0 unspecified atom stereocenters. The van der Waals surface area contributed by atoms with E-state index in [1.807, 2.05) is 42.5 Å². The van der Waals surface area contributed by atoms with Crippen LogP contribution in [-0.4, -0.2) is 28.3 Å². The SMILES string of the molecule is COCCCn1c(=O)[nH]c(=O)c2c(-c3ccc(-c4ccccc4)cc3)ccnc21. The Balaban J connectivity index is 1.81. The Morgan fingerprint density at radius 2 is 1.62 bits per heavy atom. The highest BCUT2D eigenvalue weighted by Crippen LogP contribution is 2.27. The molecule has 0 aliphatic heterocycles. The molecule has 4 aromatic rings. The van der Waals surface area contributed by atoms with E-state index in [0.717, 1.165) is 22.3 Å². The van der Waals surface area contributed by atoms with Gasteiger partial charge in [0.2, 0.25) is 0 Å². The Morgan fingerprint density at radius 1 is 0.931 bits per heavy atom. The summed E-state index contributed by atoms with van der Waals surface area (Å²) in [6.45, 7) is 0.942. The van der Waals surface area contributed by atoms with Crippen LogP contribution in [0.25, 0.3) is 33.3 Å². The first-order valence-corrected chi connectivity index (χ1v) is 9.45. The number of hydrogen-bond donors (Lipinski definition) is 1. The smallest absolute Gasteiger partial charge is 0.329 e. The number of H-pyrrole nitrogens is 1. The molecule has 2 aromatic carbocycles. The van der Waals surface area contributed by atoms with E-state index in [0.29, 0.717) is 30.6 Å². The number of pyridine rings is 1. The van der Waals surface area contributed by atoms with Crippen molar-refractivity contribution >= 4 is 11.0 Å². The zero-order valence-electron chi connectivity index (χ0n) is 16.1. The average molecular weight is 387 g/mol. The number of nitrogens with zero attached hydrogens (tertiary/aromatic N) is 2. The maximum atomic E-state index is 12.6. The molecule has 0 saturated heterocycles. The highest BCUT2D eigenvalue weighted by Gasteiger charge is 2.14. The van der Waals surface area contributed by atoms with Crippen molar-refractivity contribution in [1.29, 1.82) is 0 Å². The van der Waals surface area contributed by atoms with E-state index in [9.17, 15) is 9.59 Å². The van der Waals surface area contributed by atoms with Gasteiger partial charge in [-0.15, -0.1) is 0 Å². The summed E-state index contributed by atoms with van der Waals surface area (Å²) in [5.41, 5.74) is 3.37. The number of hydrogen-bond acceptors (Lipinski definition) is 4. The molecule has 2 heterocycles. The summed E-state index contributed by atoms with van der Waals surface area (Å²) >= 11 is 0. The predicted molar refractivity (Wildman–Crippen MR) is 114 cm³/mol. The largest absolute Gasteiger partial charge is 0.385 e. The number of ether oxygens (including phenoxy) is 1. The molecule has 0 saturated carbocycles. The predicted octanol–water partition coefficient (Wildman–Crippen LogP) is 3.46. The summed E-state index contributed by atoms with van der Waals surface area (Å²) in [6.07, 6.45) is 2.28. The summed E-state index contributed by atoms with van der Waals surface area (Å²) < 4.78 is 6.57. The van der Waals surface area contributed by atoms with Crippen LogP contribution in [0.3, 0.4) is 0 Å². The summed E-state index contributed by atoms with van der Waals surface area (Å²) in [5, 5.41) is 0.414. The molecule has 0 radical (unpaired) electrons. The van der Waals surface area contributed by atoms with Crippen molar-refractivity contribution in [2.24, 2.45) is 0 Å². The third kappa shape index (κ3) is 3.75. The summed E-state index contributed by atoms with van der Waals surface area (Å²) in [7, 11) is 1.61. The van der Waals surface area contributed by atoms with Gasteiger partial charge in [0, 0.05) is 26.5 Å². The minimum atomic E-state index is -0.456. The van der Waals surface area contributed by atoms with Gasteiger partial charge in [-0.25, -0.2) is 9.78 Å². The maximum Gasteiger partial charge on any atom is 0.329 e. The average Bonchev–Trinajstić information content (AvgIpc) is 2.76. The van der Waals surface area contributed by atoms with Crippen LogP contribution < -0.4 is 11.2 Å². The van der Waals surface area contributed by atoms with Crippen LogP contribution in [0.2, 0.25) is 0 Å². The monoisotopic (exact) mass is 387 g/mol. The van der Waals surface area contributed by atoms with Crippen molar-refractivity contribution in [3.05, 3.63) is 87.7 Å². The maximum absolute atomic E-state index is 12.6. The van der Waals surface area contributed by atoms with E-state index in [4.69, 9.17) is 4.74 Å². The second-order valence-corrected chi connectivity index (χ2v) is 6.76. The molecule has 2 aromatic heterocycles. The second-order valence-electron chi connectivity index (χ2n) is 6.76. The molecule has 0 aliphatic carbocycles. The van der Waals surface area contributed by atoms with E-state index in [1.54, 1.807) is 19.4 Å². The fraction of sp³-hybridized carbons (Fsp3) is 0.174. The Bertz CT molecular complexity index is 1240. The standard InChI is InChI=1S/C23H21N3O3/c1-29-15-5-14-26-21-20(22(27)25-23(26)28)19(12-13-24-21)18-10-8-17(9-11-18)16-6-3-2-4-7-16/h2-4,6-13H,5,14-15H2,1H3,(H,25,27,28). The van der Waals surface area contributed by atoms with Crippen molar-refractivity contribution in [2.75, 3.05) is 13.7 Å². The van der Waals surface area contributed by atoms with Gasteiger partial charge in [0.25, 0.3) is 5.56 Å². The molecule has 146 valence electrons. The lowest BCUT2D eigenvalue weighted by Gasteiger charge is -2.11. The van der Waals surface area contributed by atoms with Crippen LogP contribution >= 0.6 is 0 Å². The molecule has 6 heteroatoms. The Hall–Kier alpha value is -3.51. The highest BCUT2D eigenvalue weighted by molar-refractivity contribution is 5.92. The molecular weight excluding hydrogens is 366 g/mol. The highest BCUT2D eigenvalue weighted by atomic mass is 16.5. The fourth-order valence-electron chi connectivity index (χ4n) is 3.49. The van der Waals surface area contributed by atoms with E-state index in [2.05, 4.69) is 22.1 Å². The quantitative estimate of drug-likeness (QED) is 0.514. The van der Waals surface area contributed by atoms with Gasteiger partial charge in [-0.2, -0.15) is 0 Å². The van der Waals surface area contributed by atoms with Gasteiger partial charge < -0.3 is 4.74 Å². The van der Waals surface area contributed by atoms with Crippen LogP contribution in [0.1, 0.15) is 6.42 Å². The topological polar surface area (TPSA) is 77.0 Å². The van der Waals surface area contributed by atoms with Crippen LogP contribution in [0.5, 0.6) is 0 Å². The van der Waals surface area contributed by atoms with Gasteiger partial charge in [-0.1, -0.05) is 54.6 Å². The second kappa shape index (κ2) is 8.24. The van der Waals surface area contributed by atoms with E-state index in [1.165, 1.54) is 4.57 Å². The number of methoxy groups -OCH3 is 1. The third-order valence-corrected chi connectivity index (χ3v) is 4.91. The minimum absolute atomic E-state index is 0.388. The zero-order chi connectivity index (χ0) is 20.2. The molecule has 29 heavy (non-hydrogen) atoms. The van der Waals surface area contributed by atoms with Crippen LogP contribution in [0, 0.1) is 0 Å². The Morgan fingerprint density at radius 3 is 2.34 bits per heavy atom. The van der Waals surface area contributed by atoms with Crippen molar-refractivity contribution < 1.29 is 4.74 Å². The molecule has 0 bridgehead atoms. The molecular formula is C23H21N3O3. The van der Waals surface area contributed by atoms with Crippen molar-refractivity contribution in [3.8, 4) is 22.3 Å². The first-order valence-electron chi connectivity index (χ1n) is 9.45. The van der Waals surface area contributed by atoms with Crippen molar-refractivity contribution in [2.45, 2.75) is 13.0 Å². The van der Waals surface area contributed by atoms with Gasteiger partial charge >= 0.3 is 5.69 Å². The lowest BCUT2D eigenvalue weighted by atomic mass is 9.99. The molecule has 0 aliphatic rings. The number of aromatic nitrogens is 3. The van der Waals surface area contributed by atoms with Crippen LogP contribution in [0.15, 0.2) is 76.4 Å². The Kier molecular flexibility index (Phi) is 5.35. The van der Waals surface area contributed by atoms with Gasteiger partial charge in [0.15, 0.2) is 0 Å². The minimum Gasteiger partial charge on any atom is -0.385 e.